The number of rotatable bonds is 7. The van der Waals surface area contributed by atoms with E-state index < -0.39 is 24.3 Å². The number of pyridine rings is 1. The van der Waals surface area contributed by atoms with Crippen LogP contribution in [-0.2, 0) is 12.9 Å². The minimum atomic E-state index is -4.66. The highest BCUT2D eigenvalue weighted by atomic mass is 19.4. The number of anilines is 2. The number of ether oxygens (including phenoxy) is 1. The number of aromatic nitrogens is 7. The molecule has 9 nitrogen and oxygen atoms in total. The Morgan fingerprint density at radius 3 is 2.64 bits per heavy atom. The number of alkyl halides is 4. The number of halogens is 4. The highest BCUT2D eigenvalue weighted by Crippen LogP contribution is 2.35. The van der Waals surface area contributed by atoms with Crippen LogP contribution in [0, 0.1) is 0 Å². The van der Waals surface area contributed by atoms with Gasteiger partial charge >= 0.3 is 6.18 Å². The molecule has 0 spiro atoms. The summed E-state index contributed by atoms with van der Waals surface area (Å²) < 4.78 is 58.1. The molecular weight excluding hydrogens is 444 g/mol. The van der Waals surface area contributed by atoms with Crippen molar-refractivity contribution in [1.29, 1.82) is 0 Å². The molecule has 170 valence electrons. The van der Waals surface area contributed by atoms with E-state index in [0.29, 0.717) is 29.5 Å². The molecular formula is C20H16F4N8O. The third kappa shape index (κ3) is 4.76. The summed E-state index contributed by atoms with van der Waals surface area (Å²) in [5.41, 5.74) is 0.617. The number of nitrogens with zero attached hydrogens (tertiary/aromatic N) is 7. The van der Waals surface area contributed by atoms with Crippen LogP contribution in [0.4, 0.5) is 29.2 Å². The summed E-state index contributed by atoms with van der Waals surface area (Å²) in [7, 11) is 0. The summed E-state index contributed by atoms with van der Waals surface area (Å²) in [4.78, 5) is 28.3. The van der Waals surface area contributed by atoms with E-state index in [2.05, 4.69) is 40.2 Å². The fraction of sp³-hybridized carbons (Fsp3) is 0.250. The van der Waals surface area contributed by atoms with Crippen molar-refractivity contribution in [3.63, 3.8) is 0 Å². The van der Waals surface area contributed by atoms with Crippen molar-refractivity contribution in [3.8, 4) is 17.3 Å². The zero-order chi connectivity index (χ0) is 23.4. The van der Waals surface area contributed by atoms with Gasteiger partial charge in [-0.3, -0.25) is 0 Å². The zero-order valence-electron chi connectivity index (χ0n) is 17.1. The maximum atomic E-state index is 13.3. The Hall–Kier alpha value is -4.03. The predicted octanol–water partition coefficient (Wildman–Crippen LogP) is 4.29. The zero-order valence-corrected chi connectivity index (χ0v) is 17.1. The van der Waals surface area contributed by atoms with Crippen molar-refractivity contribution in [2.45, 2.75) is 26.2 Å². The number of nitrogens with one attached hydrogen (secondary N) is 1. The molecule has 0 fully saturated rings. The van der Waals surface area contributed by atoms with Crippen molar-refractivity contribution in [2.75, 3.05) is 11.9 Å². The fourth-order valence-corrected chi connectivity index (χ4v) is 2.87. The Morgan fingerprint density at radius 1 is 1.03 bits per heavy atom. The van der Waals surface area contributed by atoms with Crippen molar-refractivity contribution in [2.24, 2.45) is 0 Å². The van der Waals surface area contributed by atoms with Gasteiger partial charge in [0.2, 0.25) is 11.8 Å². The van der Waals surface area contributed by atoms with Crippen LogP contribution in [-0.4, -0.2) is 41.5 Å². The van der Waals surface area contributed by atoms with Crippen LogP contribution in [0.1, 0.15) is 24.5 Å². The topological polar surface area (TPSA) is 111 Å². The van der Waals surface area contributed by atoms with E-state index in [1.807, 2.05) is 0 Å². The molecule has 0 unspecified atom stereocenters. The SMILES string of the molecule is CCCOc1nc(Nc2ccnc3nc(-c4ncncc4CF)cnc23)ncc1C(F)(F)F. The van der Waals surface area contributed by atoms with Crippen LogP contribution >= 0.6 is 0 Å². The number of hydrogen-bond acceptors (Lipinski definition) is 9. The third-order valence-electron chi connectivity index (χ3n) is 4.37. The highest BCUT2D eigenvalue weighted by molar-refractivity contribution is 5.87. The Kier molecular flexibility index (Phi) is 6.20. The molecule has 0 atom stereocenters. The molecule has 1 N–H and O–H groups in total. The predicted molar refractivity (Wildman–Crippen MR) is 109 cm³/mol. The van der Waals surface area contributed by atoms with E-state index in [9.17, 15) is 17.6 Å². The smallest absolute Gasteiger partial charge is 0.423 e. The largest absolute Gasteiger partial charge is 0.477 e. The summed E-state index contributed by atoms with van der Waals surface area (Å²) in [6.07, 6.45) is 1.93. The molecule has 4 aromatic heterocycles. The minimum absolute atomic E-state index is 0.0654. The van der Waals surface area contributed by atoms with E-state index >= 15 is 0 Å². The first-order valence-corrected chi connectivity index (χ1v) is 9.71. The first kappa shape index (κ1) is 22.2. The van der Waals surface area contributed by atoms with Crippen LogP contribution < -0.4 is 10.1 Å². The van der Waals surface area contributed by atoms with Gasteiger partial charge in [0.1, 0.15) is 29.8 Å². The van der Waals surface area contributed by atoms with Crippen LogP contribution in [0.25, 0.3) is 22.6 Å². The minimum Gasteiger partial charge on any atom is -0.477 e. The summed E-state index contributed by atoms with van der Waals surface area (Å²) in [6.45, 7) is 1.05. The van der Waals surface area contributed by atoms with E-state index in [1.165, 1.54) is 24.9 Å². The van der Waals surface area contributed by atoms with E-state index in [0.717, 1.165) is 0 Å². The first-order chi connectivity index (χ1) is 15.9. The van der Waals surface area contributed by atoms with E-state index in [-0.39, 0.29) is 29.5 Å². The van der Waals surface area contributed by atoms with Gasteiger partial charge in [0.05, 0.1) is 24.2 Å². The molecule has 0 saturated heterocycles. The molecule has 4 aromatic rings. The number of fused-ring (bicyclic) bond motifs is 1. The summed E-state index contributed by atoms with van der Waals surface area (Å²) in [6, 6.07) is 1.54. The summed E-state index contributed by atoms with van der Waals surface area (Å²) >= 11 is 0. The Labute approximate surface area is 184 Å². The summed E-state index contributed by atoms with van der Waals surface area (Å²) in [5, 5.41) is 2.83. The van der Waals surface area contributed by atoms with Gasteiger partial charge in [-0.05, 0) is 12.5 Å². The molecule has 13 heteroatoms. The lowest BCUT2D eigenvalue weighted by Crippen LogP contribution is -2.13. The summed E-state index contributed by atoms with van der Waals surface area (Å²) in [5.74, 6) is -0.695. The molecule has 0 aromatic carbocycles. The van der Waals surface area contributed by atoms with Gasteiger partial charge in [-0.25, -0.2) is 34.3 Å². The molecule has 0 saturated carbocycles. The van der Waals surface area contributed by atoms with Gasteiger partial charge in [-0.15, -0.1) is 0 Å². The Bertz CT molecular complexity index is 1280. The maximum absolute atomic E-state index is 13.3. The molecule has 0 aliphatic carbocycles. The molecule has 0 bridgehead atoms. The molecule has 4 heterocycles. The normalized spacial score (nSPS) is 11.5. The van der Waals surface area contributed by atoms with Crippen molar-refractivity contribution < 1.29 is 22.3 Å². The van der Waals surface area contributed by atoms with Crippen LogP contribution in [0.2, 0.25) is 0 Å². The molecule has 4 rings (SSSR count). The van der Waals surface area contributed by atoms with E-state index in [4.69, 9.17) is 4.74 Å². The van der Waals surface area contributed by atoms with Gasteiger partial charge < -0.3 is 10.1 Å². The van der Waals surface area contributed by atoms with Crippen LogP contribution in [0.15, 0.2) is 37.2 Å². The van der Waals surface area contributed by atoms with Crippen LogP contribution in [0.3, 0.4) is 0 Å². The standard InChI is InChI=1S/C20H16F4N8O/c1-2-5-33-18-12(20(22,23)24)8-28-19(32-18)31-13-3-4-26-17-16(13)27-9-14(30-17)15-11(6-21)7-25-10-29-15/h3-4,7-10H,2,5-6H2,1H3,(H,26,28,30,31,32). The van der Waals surface area contributed by atoms with Gasteiger partial charge in [-0.2, -0.15) is 18.2 Å². The van der Waals surface area contributed by atoms with Gasteiger partial charge in [0.25, 0.3) is 0 Å². The first-order valence-electron chi connectivity index (χ1n) is 9.71. The highest BCUT2D eigenvalue weighted by Gasteiger charge is 2.36. The molecule has 33 heavy (non-hydrogen) atoms. The van der Waals surface area contributed by atoms with Crippen molar-refractivity contribution in [3.05, 3.63) is 48.3 Å². The average Bonchev–Trinajstić information content (AvgIpc) is 2.82. The van der Waals surface area contributed by atoms with E-state index in [1.54, 1.807) is 13.0 Å². The monoisotopic (exact) mass is 460 g/mol. The lowest BCUT2D eigenvalue weighted by atomic mass is 10.2. The molecule has 0 radical (unpaired) electrons. The second-order valence-corrected chi connectivity index (χ2v) is 6.70. The second kappa shape index (κ2) is 9.22. The lowest BCUT2D eigenvalue weighted by molar-refractivity contribution is -0.139. The van der Waals surface area contributed by atoms with Crippen molar-refractivity contribution in [1.82, 2.24) is 34.9 Å². The quantitative estimate of drug-likeness (QED) is 0.404. The Balaban J connectivity index is 1.69. The molecule has 0 aliphatic rings. The molecule has 0 amide bonds. The third-order valence-corrected chi connectivity index (χ3v) is 4.37. The lowest BCUT2D eigenvalue weighted by Gasteiger charge is -2.14. The van der Waals surface area contributed by atoms with Crippen LogP contribution in [0.5, 0.6) is 5.88 Å². The number of hydrogen-bond donors (Lipinski definition) is 1. The fourth-order valence-electron chi connectivity index (χ4n) is 2.87. The van der Waals surface area contributed by atoms with Gasteiger partial charge in [-0.1, -0.05) is 6.92 Å². The van der Waals surface area contributed by atoms with Crippen molar-refractivity contribution >= 4 is 22.8 Å². The van der Waals surface area contributed by atoms with Gasteiger partial charge in [0.15, 0.2) is 5.65 Å². The Morgan fingerprint density at radius 2 is 1.88 bits per heavy atom. The average molecular weight is 460 g/mol. The maximum Gasteiger partial charge on any atom is 0.423 e. The molecule has 0 aliphatic heterocycles. The second-order valence-electron chi connectivity index (χ2n) is 6.70. The van der Waals surface area contributed by atoms with Gasteiger partial charge in [0, 0.05) is 24.2 Å².